The summed E-state index contributed by atoms with van der Waals surface area (Å²) < 4.78 is 8.17. The van der Waals surface area contributed by atoms with Crippen LogP contribution in [0, 0.1) is 0 Å². The second kappa shape index (κ2) is 10.9. The third-order valence-electron chi connectivity index (χ3n) is 8.26. The van der Waals surface area contributed by atoms with Crippen LogP contribution in [-0.2, 0) is 10.3 Å². The van der Waals surface area contributed by atoms with Crippen molar-refractivity contribution < 1.29 is 4.74 Å². The number of piperazine rings is 1. The van der Waals surface area contributed by atoms with Crippen molar-refractivity contribution in [1.29, 1.82) is 0 Å². The molecule has 0 unspecified atom stereocenters. The monoisotopic (exact) mass is 490 g/mol. The molecule has 4 heterocycles. The van der Waals surface area contributed by atoms with Gasteiger partial charge in [0, 0.05) is 77.0 Å². The van der Waals surface area contributed by atoms with E-state index in [2.05, 4.69) is 88.5 Å². The number of nitrogens with one attached hydrogen (secondary N) is 1. The predicted octanol–water partition coefficient (Wildman–Crippen LogP) is 4.04. The fourth-order valence-electron chi connectivity index (χ4n) is 5.82. The molecule has 2 aliphatic heterocycles. The standard InChI is InChI=1S/C29H42N6O/c1-5-30-22-32-16-18-34(19-17-32)27-10-13-31-35-21-25(20-28(27)35)24-6-8-26(9-7-24)29(36-4)11-14-33(15-12-29)23(2)3/h6-10,13,20-21,23,30H,5,11-12,14-19,22H2,1-4H3. The molecule has 5 rings (SSSR count). The van der Waals surface area contributed by atoms with Crippen molar-refractivity contribution >= 4 is 11.2 Å². The topological polar surface area (TPSA) is 48.3 Å². The highest BCUT2D eigenvalue weighted by Gasteiger charge is 2.36. The highest BCUT2D eigenvalue weighted by atomic mass is 16.5. The molecule has 0 saturated carbocycles. The second-order valence-electron chi connectivity index (χ2n) is 10.5. The van der Waals surface area contributed by atoms with Gasteiger partial charge in [-0.15, -0.1) is 0 Å². The van der Waals surface area contributed by atoms with Crippen molar-refractivity contribution in [1.82, 2.24) is 24.7 Å². The van der Waals surface area contributed by atoms with Crippen molar-refractivity contribution in [3.8, 4) is 11.1 Å². The molecule has 0 atom stereocenters. The Balaban J connectivity index is 1.33. The van der Waals surface area contributed by atoms with E-state index in [1.165, 1.54) is 27.9 Å². The maximum Gasteiger partial charge on any atom is 0.0951 e. The Morgan fingerprint density at radius 1 is 0.972 bits per heavy atom. The van der Waals surface area contributed by atoms with Gasteiger partial charge in [0.05, 0.1) is 16.8 Å². The van der Waals surface area contributed by atoms with Crippen LogP contribution in [0.5, 0.6) is 0 Å². The molecule has 0 bridgehead atoms. The number of hydrogen-bond donors (Lipinski definition) is 1. The lowest BCUT2D eigenvalue weighted by Gasteiger charge is -2.42. The van der Waals surface area contributed by atoms with Crippen LogP contribution in [0.2, 0.25) is 0 Å². The molecular formula is C29H42N6O. The second-order valence-corrected chi connectivity index (χ2v) is 10.5. The Morgan fingerprint density at radius 2 is 1.69 bits per heavy atom. The number of piperidine rings is 1. The highest BCUT2D eigenvalue weighted by molar-refractivity contribution is 5.80. The zero-order chi connectivity index (χ0) is 25.1. The smallest absolute Gasteiger partial charge is 0.0951 e. The summed E-state index contributed by atoms with van der Waals surface area (Å²) >= 11 is 0. The van der Waals surface area contributed by atoms with Crippen molar-refractivity contribution in [2.45, 2.75) is 45.3 Å². The Morgan fingerprint density at radius 3 is 2.33 bits per heavy atom. The summed E-state index contributed by atoms with van der Waals surface area (Å²) in [6.45, 7) is 15.1. The van der Waals surface area contributed by atoms with Crippen molar-refractivity contribution in [2.75, 3.05) is 64.5 Å². The number of benzene rings is 1. The van der Waals surface area contributed by atoms with Gasteiger partial charge in [-0.3, -0.25) is 4.90 Å². The average molecular weight is 491 g/mol. The summed E-state index contributed by atoms with van der Waals surface area (Å²) in [5.74, 6) is 0. The van der Waals surface area contributed by atoms with Crippen molar-refractivity contribution in [3.63, 3.8) is 0 Å². The van der Waals surface area contributed by atoms with E-state index in [0.717, 1.165) is 65.3 Å². The number of hydrogen-bond acceptors (Lipinski definition) is 6. The van der Waals surface area contributed by atoms with Crippen LogP contribution in [-0.4, -0.2) is 85.0 Å². The Hall–Kier alpha value is -2.45. The molecule has 0 radical (unpaired) electrons. The highest BCUT2D eigenvalue weighted by Crippen LogP contribution is 2.38. The van der Waals surface area contributed by atoms with Crippen molar-refractivity contribution in [2.24, 2.45) is 0 Å². The van der Waals surface area contributed by atoms with Gasteiger partial charge in [-0.1, -0.05) is 31.2 Å². The van der Waals surface area contributed by atoms with E-state index >= 15 is 0 Å². The van der Waals surface area contributed by atoms with Gasteiger partial charge < -0.3 is 19.9 Å². The number of nitrogens with zero attached hydrogens (tertiary/aromatic N) is 5. The van der Waals surface area contributed by atoms with Crippen LogP contribution in [0.25, 0.3) is 16.6 Å². The lowest BCUT2D eigenvalue weighted by atomic mass is 9.83. The minimum Gasteiger partial charge on any atom is -0.373 e. The van der Waals surface area contributed by atoms with Gasteiger partial charge in [-0.05, 0) is 56.5 Å². The predicted molar refractivity (Wildman–Crippen MR) is 148 cm³/mol. The largest absolute Gasteiger partial charge is 0.373 e. The normalized spacial score (nSPS) is 19.4. The molecule has 0 amide bonds. The molecule has 2 saturated heterocycles. The zero-order valence-corrected chi connectivity index (χ0v) is 22.4. The number of fused-ring (bicyclic) bond motifs is 1. The first kappa shape index (κ1) is 25.2. The molecule has 0 aliphatic carbocycles. The van der Waals surface area contributed by atoms with Crippen LogP contribution in [0.3, 0.4) is 0 Å². The molecular weight excluding hydrogens is 448 g/mol. The van der Waals surface area contributed by atoms with Gasteiger partial charge in [-0.25, -0.2) is 4.52 Å². The summed E-state index contributed by atoms with van der Waals surface area (Å²) in [4.78, 5) is 7.53. The van der Waals surface area contributed by atoms with Gasteiger partial charge in [0.15, 0.2) is 0 Å². The van der Waals surface area contributed by atoms with Gasteiger partial charge in [0.2, 0.25) is 0 Å². The lowest BCUT2D eigenvalue weighted by Crippen LogP contribution is -2.49. The number of anilines is 1. The maximum absolute atomic E-state index is 6.14. The van der Waals surface area contributed by atoms with Gasteiger partial charge in [0.1, 0.15) is 0 Å². The molecule has 1 aromatic carbocycles. The third-order valence-corrected chi connectivity index (χ3v) is 8.26. The maximum atomic E-state index is 6.14. The summed E-state index contributed by atoms with van der Waals surface area (Å²) in [6, 6.07) is 14.1. The summed E-state index contributed by atoms with van der Waals surface area (Å²) in [7, 11) is 1.87. The fraction of sp³-hybridized carbons (Fsp3) is 0.552. The van der Waals surface area contributed by atoms with Gasteiger partial charge in [0.25, 0.3) is 0 Å². The first-order valence-corrected chi connectivity index (χ1v) is 13.6. The Kier molecular flexibility index (Phi) is 7.62. The molecule has 1 N–H and O–H groups in total. The molecule has 36 heavy (non-hydrogen) atoms. The van der Waals surface area contributed by atoms with Crippen LogP contribution in [0.15, 0.2) is 48.8 Å². The minimum absolute atomic E-state index is 0.182. The van der Waals surface area contributed by atoms with Crippen molar-refractivity contribution in [3.05, 3.63) is 54.4 Å². The first-order chi connectivity index (χ1) is 17.5. The Bertz CT molecular complexity index is 1120. The van der Waals surface area contributed by atoms with E-state index in [1.807, 2.05) is 17.8 Å². The Labute approximate surface area is 216 Å². The van der Waals surface area contributed by atoms with Crippen LogP contribution in [0.4, 0.5) is 5.69 Å². The van der Waals surface area contributed by atoms with Crippen LogP contribution < -0.4 is 10.2 Å². The zero-order valence-electron chi connectivity index (χ0n) is 22.4. The minimum atomic E-state index is -0.182. The van der Waals surface area contributed by atoms with Crippen LogP contribution >= 0.6 is 0 Å². The number of rotatable bonds is 8. The number of likely N-dealkylation sites (tertiary alicyclic amines) is 1. The summed E-state index contributed by atoms with van der Waals surface area (Å²) in [5, 5.41) is 8.06. The first-order valence-electron chi connectivity index (χ1n) is 13.6. The molecule has 7 nitrogen and oxygen atoms in total. The average Bonchev–Trinajstić information content (AvgIpc) is 3.37. The van der Waals surface area contributed by atoms with E-state index in [-0.39, 0.29) is 5.60 Å². The number of aromatic nitrogens is 2. The fourth-order valence-corrected chi connectivity index (χ4v) is 5.82. The quantitative estimate of drug-likeness (QED) is 0.514. The van der Waals surface area contributed by atoms with E-state index < -0.39 is 0 Å². The molecule has 2 fully saturated rings. The molecule has 2 aliphatic rings. The molecule has 7 heteroatoms. The number of ether oxygens (including phenoxy) is 1. The summed E-state index contributed by atoms with van der Waals surface area (Å²) in [6.07, 6.45) is 6.15. The number of methoxy groups -OCH3 is 1. The molecule has 0 spiro atoms. The molecule has 3 aromatic rings. The van der Waals surface area contributed by atoms with E-state index in [4.69, 9.17) is 4.74 Å². The molecule has 2 aromatic heterocycles. The van der Waals surface area contributed by atoms with E-state index in [9.17, 15) is 0 Å². The van der Waals surface area contributed by atoms with Gasteiger partial charge in [-0.2, -0.15) is 5.10 Å². The SMILES string of the molecule is CCNCN1CCN(c2ccnn3cc(-c4ccc(C5(OC)CCN(C(C)C)CC5)cc4)cc23)CC1. The van der Waals surface area contributed by atoms with E-state index in [1.54, 1.807) is 0 Å². The lowest BCUT2D eigenvalue weighted by molar-refractivity contribution is -0.0669. The summed E-state index contributed by atoms with van der Waals surface area (Å²) in [5.41, 5.74) is 5.97. The van der Waals surface area contributed by atoms with Crippen LogP contribution in [0.1, 0.15) is 39.2 Å². The molecule has 194 valence electrons. The van der Waals surface area contributed by atoms with Gasteiger partial charge >= 0.3 is 0 Å². The van der Waals surface area contributed by atoms with E-state index in [0.29, 0.717) is 6.04 Å². The third kappa shape index (κ3) is 5.02.